The van der Waals surface area contributed by atoms with E-state index >= 15 is 0 Å². The fourth-order valence-corrected chi connectivity index (χ4v) is 1.88. The summed E-state index contributed by atoms with van der Waals surface area (Å²) >= 11 is 0. The number of nitrogens with zero attached hydrogens (tertiary/aromatic N) is 3. The minimum absolute atomic E-state index is 0.147. The number of carboxylic acids is 1. The molecule has 0 aliphatic carbocycles. The third-order valence-electron chi connectivity index (χ3n) is 3.18. The van der Waals surface area contributed by atoms with Crippen molar-refractivity contribution in [3.05, 3.63) is 29.2 Å². The predicted molar refractivity (Wildman–Crippen MR) is 77.3 cm³/mol. The SMILES string of the molecule is CC(C)(C)c1cc(C(=O)O)n2nc(C(C)(C)C)cc2n1. The summed E-state index contributed by atoms with van der Waals surface area (Å²) in [5.74, 6) is -0.994. The maximum atomic E-state index is 11.5. The first kappa shape index (κ1) is 14.5. The van der Waals surface area contributed by atoms with Crippen LogP contribution >= 0.6 is 0 Å². The molecule has 0 aliphatic heterocycles. The maximum absolute atomic E-state index is 11.5. The normalized spacial score (nSPS) is 12.9. The summed E-state index contributed by atoms with van der Waals surface area (Å²) in [6.07, 6.45) is 0. The molecule has 2 aromatic rings. The minimum atomic E-state index is -0.994. The van der Waals surface area contributed by atoms with Gasteiger partial charge in [-0.25, -0.2) is 14.3 Å². The Hall–Kier alpha value is -1.91. The molecule has 0 unspecified atom stereocenters. The number of carboxylic acid groups (broad SMARTS) is 1. The molecule has 0 saturated carbocycles. The zero-order valence-corrected chi connectivity index (χ0v) is 12.9. The van der Waals surface area contributed by atoms with E-state index in [1.54, 1.807) is 6.07 Å². The molecule has 2 heterocycles. The van der Waals surface area contributed by atoms with Crippen LogP contribution in [0.15, 0.2) is 12.1 Å². The highest BCUT2D eigenvalue weighted by Gasteiger charge is 2.24. The molecule has 2 aromatic heterocycles. The van der Waals surface area contributed by atoms with E-state index in [2.05, 4.69) is 10.1 Å². The summed E-state index contributed by atoms with van der Waals surface area (Å²) in [6.45, 7) is 12.2. The highest BCUT2D eigenvalue weighted by Crippen LogP contribution is 2.25. The number of aromatic carboxylic acids is 1. The quantitative estimate of drug-likeness (QED) is 0.868. The van der Waals surface area contributed by atoms with Gasteiger partial charge >= 0.3 is 5.97 Å². The molecular formula is C15H21N3O2. The van der Waals surface area contributed by atoms with Crippen molar-refractivity contribution in [1.82, 2.24) is 14.6 Å². The van der Waals surface area contributed by atoms with Crippen molar-refractivity contribution in [3.63, 3.8) is 0 Å². The van der Waals surface area contributed by atoms with Crippen molar-refractivity contribution in [2.45, 2.75) is 52.4 Å². The Morgan fingerprint density at radius 1 is 1.05 bits per heavy atom. The molecule has 0 aliphatic rings. The molecule has 0 radical (unpaired) electrons. The smallest absolute Gasteiger partial charge is 0.354 e. The van der Waals surface area contributed by atoms with E-state index in [1.165, 1.54) is 4.52 Å². The van der Waals surface area contributed by atoms with Crippen LogP contribution in [0, 0.1) is 0 Å². The van der Waals surface area contributed by atoms with Crippen LogP contribution < -0.4 is 0 Å². The highest BCUT2D eigenvalue weighted by atomic mass is 16.4. The average Bonchev–Trinajstić information content (AvgIpc) is 2.68. The Morgan fingerprint density at radius 3 is 2.05 bits per heavy atom. The molecule has 1 N–H and O–H groups in total. The van der Waals surface area contributed by atoms with Gasteiger partial charge in [0, 0.05) is 16.9 Å². The number of rotatable bonds is 1. The molecule has 0 amide bonds. The van der Waals surface area contributed by atoms with E-state index in [-0.39, 0.29) is 16.5 Å². The number of aromatic nitrogens is 3. The first-order chi connectivity index (χ1) is 9.00. The van der Waals surface area contributed by atoms with Crippen LogP contribution in [-0.4, -0.2) is 25.7 Å². The van der Waals surface area contributed by atoms with Gasteiger partial charge in [-0.3, -0.25) is 0 Å². The Labute approximate surface area is 118 Å². The van der Waals surface area contributed by atoms with E-state index in [4.69, 9.17) is 0 Å². The summed E-state index contributed by atoms with van der Waals surface area (Å²) in [4.78, 5) is 16.0. The predicted octanol–water partition coefficient (Wildman–Crippen LogP) is 3.02. The lowest BCUT2D eigenvalue weighted by Gasteiger charge is -2.18. The third-order valence-corrected chi connectivity index (χ3v) is 3.18. The Kier molecular flexibility index (Phi) is 3.11. The first-order valence-electron chi connectivity index (χ1n) is 6.65. The van der Waals surface area contributed by atoms with Gasteiger partial charge in [-0.15, -0.1) is 0 Å². The molecule has 0 aromatic carbocycles. The van der Waals surface area contributed by atoms with Crippen molar-refractivity contribution >= 4 is 11.6 Å². The van der Waals surface area contributed by atoms with Gasteiger partial charge in [-0.1, -0.05) is 41.5 Å². The van der Waals surface area contributed by atoms with E-state index in [1.807, 2.05) is 47.6 Å². The molecule has 0 fully saturated rings. The van der Waals surface area contributed by atoms with Crippen molar-refractivity contribution in [2.75, 3.05) is 0 Å². The third kappa shape index (κ3) is 2.53. The van der Waals surface area contributed by atoms with Crippen molar-refractivity contribution < 1.29 is 9.90 Å². The summed E-state index contributed by atoms with van der Waals surface area (Å²) in [5.41, 5.74) is 1.96. The number of hydrogen-bond acceptors (Lipinski definition) is 3. The van der Waals surface area contributed by atoms with Gasteiger partial charge in [0.1, 0.15) is 0 Å². The fourth-order valence-electron chi connectivity index (χ4n) is 1.88. The van der Waals surface area contributed by atoms with Gasteiger partial charge in [0.15, 0.2) is 11.3 Å². The molecule has 5 nitrogen and oxygen atoms in total. The van der Waals surface area contributed by atoms with Gasteiger partial charge in [0.25, 0.3) is 0 Å². The van der Waals surface area contributed by atoms with Crippen LogP contribution in [0.25, 0.3) is 5.65 Å². The monoisotopic (exact) mass is 275 g/mol. The minimum Gasteiger partial charge on any atom is -0.477 e. The lowest BCUT2D eigenvalue weighted by molar-refractivity contribution is 0.0687. The molecule has 5 heteroatoms. The largest absolute Gasteiger partial charge is 0.477 e. The molecule has 0 spiro atoms. The molecule has 2 rings (SSSR count). The Balaban J connectivity index is 2.78. The van der Waals surface area contributed by atoms with Gasteiger partial charge < -0.3 is 5.11 Å². The standard InChI is InChI=1S/C15H21N3O2/c1-14(2,3)10-7-9(13(19)20)18-12(16-10)8-11(17-18)15(4,5)6/h7-8H,1-6H3,(H,19,20). The molecular weight excluding hydrogens is 254 g/mol. The summed E-state index contributed by atoms with van der Waals surface area (Å²) < 4.78 is 1.41. The second-order valence-corrected chi connectivity index (χ2v) is 7.13. The van der Waals surface area contributed by atoms with E-state index < -0.39 is 5.97 Å². The average molecular weight is 275 g/mol. The second-order valence-electron chi connectivity index (χ2n) is 7.13. The van der Waals surface area contributed by atoms with Crippen LogP contribution in [0.5, 0.6) is 0 Å². The topological polar surface area (TPSA) is 67.5 Å². The van der Waals surface area contributed by atoms with Gasteiger partial charge in [-0.05, 0) is 6.07 Å². The van der Waals surface area contributed by atoms with E-state index in [9.17, 15) is 9.90 Å². The van der Waals surface area contributed by atoms with E-state index in [0.717, 1.165) is 11.4 Å². The van der Waals surface area contributed by atoms with Crippen molar-refractivity contribution in [3.8, 4) is 0 Å². The van der Waals surface area contributed by atoms with Crippen LogP contribution in [0.2, 0.25) is 0 Å². The van der Waals surface area contributed by atoms with Crippen molar-refractivity contribution in [2.24, 2.45) is 0 Å². The van der Waals surface area contributed by atoms with Crippen LogP contribution in [0.4, 0.5) is 0 Å². The lowest BCUT2D eigenvalue weighted by atomic mass is 9.91. The number of carbonyl (C=O) groups is 1. The number of fused-ring (bicyclic) bond motifs is 1. The molecule has 0 atom stereocenters. The van der Waals surface area contributed by atoms with Crippen LogP contribution in [0.1, 0.15) is 63.4 Å². The fraction of sp³-hybridized carbons (Fsp3) is 0.533. The highest BCUT2D eigenvalue weighted by molar-refractivity contribution is 5.86. The molecule has 0 saturated heterocycles. The summed E-state index contributed by atoms with van der Waals surface area (Å²) in [6, 6.07) is 3.47. The van der Waals surface area contributed by atoms with Crippen LogP contribution in [-0.2, 0) is 10.8 Å². The zero-order chi connectivity index (χ0) is 15.3. The molecule has 20 heavy (non-hydrogen) atoms. The van der Waals surface area contributed by atoms with Gasteiger partial charge in [0.05, 0.1) is 11.4 Å². The van der Waals surface area contributed by atoms with Crippen molar-refractivity contribution in [1.29, 1.82) is 0 Å². The second kappa shape index (κ2) is 4.30. The summed E-state index contributed by atoms with van der Waals surface area (Å²) in [7, 11) is 0. The Bertz CT molecular complexity index is 673. The van der Waals surface area contributed by atoms with E-state index in [0.29, 0.717) is 5.65 Å². The zero-order valence-electron chi connectivity index (χ0n) is 12.9. The summed E-state index contributed by atoms with van der Waals surface area (Å²) in [5, 5.41) is 13.8. The van der Waals surface area contributed by atoms with Gasteiger partial charge in [0.2, 0.25) is 0 Å². The number of hydrogen-bond donors (Lipinski definition) is 1. The van der Waals surface area contributed by atoms with Gasteiger partial charge in [-0.2, -0.15) is 5.10 Å². The maximum Gasteiger partial charge on any atom is 0.354 e. The molecule has 0 bridgehead atoms. The van der Waals surface area contributed by atoms with Crippen LogP contribution in [0.3, 0.4) is 0 Å². The first-order valence-corrected chi connectivity index (χ1v) is 6.65. The molecule has 108 valence electrons. The Morgan fingerprint density at radius 2 is 1.60 bits per heavy atom. The lowest BCUT2D eigenvalue weighted by Crippen LogP contribution is -2.18.